The second-order valence-electron chi connectivity index (χ2n) is 5.31. The van der Waals surface area contributed by atoms with Crippen molar-refractivity contribution in [1.29, 1.82) is 0 Å². The first-order valence-corrected chi connectivity index (χ1v) is 8.27. The summed E-state index contributed by atoms with van der Waals surface area (Å²) in [6.45, 7) is 5.25. The number of rotatable bonds is 8. The lowest BCUT2D eigenvalue weighted by Gasteiger charge is -2.31. The maximum atomic E-state index is 12.5. The van der Waals surface area contributed by atoms with E-state index in [1.54, 1.807) is 20.8 Å². The maximum Gasteiger partial charge on any atom is 0.363 e. The van der Waals surface area contributed by atoms with Crippen LogP contribution in [0.5, 0.6) is 5.75 Å². The van der Waals surface area contributed by atoms with Gasteiger partial charge in [-0.25, -0.2) is 9.68 Å². The molecule has 1 aromatic rings. The van der Waals surface area contributed by atoms with Crippen molar-refractivity contribution in [2.24, 2.45) is 11.1 Å². The van der Waals surface area contributed by atoms with E-state index in [4.69, 9.17) is 43.4 Å². The van der Waals surface area contributed by atoms with E-state index in [9.17, 15) is 9.59 Å². The van der Waals surface area contributed by atoms with E-state index in [-0.39, 0.29) is 30.2 Å². The number of benzene rings is 1. The molecule has 0 aromatic heterocycles. The first-order valence-electron chi connectivity index (χ1n) is 7.52. The topological polar surface area (TPSA) is 87.9 Å². The number of hydrogen-bond acceptors (Lipinski definition) is 6. The molecule has 6 nitrogen and oxygen atoms in total. The molecule has 134 valence electrons. The summed E-state index contributed by atoms with van der Waals surface area (Å²) in [4.78, 5) is 34.3. The average Bonchev–Trinajstić information content (AvgIpc) is 2.51. The average molecular weight is 378 g/mol. The van der Waals surface area contributed by atoms with Crippen LogP contribution in [0.1, 0.15) is 33.6 Å². The van der Waals surface area contributed by atoms with Crippen molar-refractivity contribution in [3.63, 3.8) is 0 Å². The van der Waals surface area contributed by atoms with Gasteiger partial charge in [-0.2, -0.15) is 0 Å². The third-order valence-electron chi connectivity index (χ3n) is 3.78. The summed E-state index contributed by atoms with van der Waals surface area (Å²) in [5, 5.41) is 0.600. The Hall–Kier alpha value is -1.50. The summed E-state index contributed by atoms with van der Waals surface area (Å²) >= 11 is 11.7. The van der Waals surface area contributed by atoms with Crippen molar-refractivity contribution < 1.29 is 24.1 Å². The Bertz CT molecular complexity index is 594. The van der Waals surface area contributed by atoms with E-state index in [0.29, 0.717) is 5.02 Å². The van der Waals surface area contributed by atoms with Crippen molar-refractivity contribution in [2.45, 2.75) is 39.7 Å². The minimum atomic E-state index is -1.26. The first kappa shape index (κ1) is 20.5. The van der Waals surface area contributed by atoms with Gasteiger partial charge in [0.05, 0.1) is 23.5 Å². The number of esters is 1. The van der Waals surface area contributed by atoms with Gasteiger partial charge >= 0.3 is 11.9 Å². The van der Waals surface area contributed by atoms with E-state index in [1.807, 2.05) is 0 Å². The maximum absolute atomic E-state index is 12.5. The minimum Gasteiger partial charge on any atom is -0.466 e. The molecule has 0 spiro atoms. The number of carbonyl (C=O) groups excluding carboxylic acids is 2. The van der Waals surface area contributed by atoms with Gasteiger partial charge in [0.1, 0.15) is 0 Å². The molecule has 8 heteroatoms. The van der Waals surface area contributed by atoms with Crippen LogP contribution in [0, 0.1) is 5.41 Å². The Morgan fingerprint density at radius 1 is 1.29 bits per heavy atom. The molecular weight excluding hydrogens is 357 g/mol. The molecule has 0 heterocycles. The molecule has 1 aromatic carbocycles. The summed E-state index contributed by atoms with van der Waals surface area (Å²) in [5.41, 5.74) is 4.68. The summed E-state index contributed by atoms with van der Waals surface area (Å²) in [6.07, 6.45) is 0.0750. The smallest absolute Gasteiger partial charge is 0.363 e. The lowest BCUT2D eigenvalue weighted by molar-refractivity contribution is -0.228. The molecule has 2 N–H and O–H groups in total. The molecule has 0 saturated heterocycles. The van der Waals surface area contributed by atoms with Gasteiger partial charge < -0.3 is 10.5 Å². The number of nitrogens with two attached hydrogens (primary N) is 1. The van der Waals surface area contributed by atoms with Crippen LogP contribution >= 0.6 is 23.2 Å². The molecule has 0 saturated carbocycles. The molecule has 0 amide bonds. The fraction of sp³-hybridized carbons (Fsp3) is 0.500. The van der Waals surface area contributed by atoms with Crippen molar-refractivity contribution in [2.75, 3.05) is 6.61 Å². The quantitative estimate of drug-likeness (QED) is 0.423. The summed E-state index contributed by atoms with van der Waals surface area (Å²) in [7, 11) is 0. The second kappa shape index (κ2) is 9.11. The standard InChI is InChI=1S/C16H21Cl2NO5/c1-4-16(10(3)19,9-14(20)22-5-2)15(21)24-23-13-7-6-11(17)8-12(13)18/h6-8,10H,4-5,9,19H2,1-3H3. The van der Waals surface area contributed by atoms with Crippen molar-refractivity contribution in [3.8, 4) is 5.75 Å². The predicted molar refractivity (Wildman–Crippen MR) is 90.8 cm³/mol. The fourth-order valence-corrected chi connectivity index (χ4v) is 2.63. The number of hydrogen-bond donors (Lipinski definition) is 1. The molecule has 0 bridgehead atoms. The lowest BCUT2D eigenvalue weighted by Crippen LogP contribution is -2.48. The van der Waals surface area contributed by atoms with E-state index < -0.39 is 23.4 Å². The van der Waals surface area contributed by atoms with Crippen LogP contribution in [0.25, 0.3) is 0 Å². The van der Waals surface area contributed by atoms with Crippen LogP contribution in [0.3, 0.4) is 0 Å². The molecule has 2 unspecified atom stereocenters. The monoisotopic (exact) mass is 377 g/mol. The van der Waals surface area contributed by atoms with Gasteiger partial charge in [0.25, 0.3) is 0 Å². The van der Waals surface area contributed by atoms with E-state index in [2.05, 4.69) is 0 Å². The SMILES string of the molecule is CCOC(=O)CC(CC)(C(=O)OOc1ccc(Cl)cc1Cl)C(C)N. The summed E-state index contributed by atoms with van der Waals surface area (Å²) in [5.74, 6) is -1.17. The third-order valence-corrected chi connectivity index (χ3v) is 4.31. The number of halogens is 2. The van der Waals surface area contributed by atoms with Crippen molar-refractivity contribution >= 4 is 35.1 Å². The highest BCUT2D eigenvalue weighted by atomic mass is 35.5. The Labute approximate surface area is 151 Å². The summed E-state index contributed by atoms with van der Waals surface area (Å²) < 4.78 is 4.92. The van der Waals surface area contributed by atoms with Crippen LogP contribution in [-0.4, -0.2) is 24.6 Å². The Morgan fingerprint density at radius 2 is 1.96 bits per heavy atom. The Balaban J connectivity index is 2.90. The molecular formula is C16H21Cl2NO5. The van der Waals surface area contributed by atoms with Gasteiger partial charge in [-0.05, 0) is 38.5 Å². The van der Waals surface area contributed by atoms with Gasteiger partial charge in [-0.3, -0.25) is 9.68 Å². The molecule has 0 fully saturated rings. The second-order valence-corrected chi connectivity index (χ2v) is 6.15. The van der Waals surface area contributed by atoms with Crippen LogP contribution in [-0.2, 0) is 19.2 Å². The normalized spacial score (nSPS) is 14.4. The molecule has 0 radical (unpaired) electrons. The Kier molecular flexibility index (Phi) is 7.79. The van der Waals surface area contributed by atoms with Crippen molar-refractivity contribution in [1.82, 2.24) is 0 Å². The van der Waals surface area contributed by atoms with Gasteiger partial charge in [-0.1, -0.05) is 30.1 Å². The molecule has 0 aliphatic carbocycles. The molecule has 24 heavy (non-hydrogen) atoms. The van der Waals surface area contributed by atoms with Crippen LogP contribution in [0.2, 0.25) is 10.0 Å². The lowest BCUT2D eigenvalue weighted by atomic mass is 9.76. The van der Waals surface area contributed by atoms with Gasteiger partial charge in [0, 0.05) is 11.1 Å². The van der Waals surface area contributed by atoms with Crippen LogP contribution < -0.4 is 10.6 Å². The number of ether oxygens (including phenoxy) is 1. The molecule has 0 aliphatic rings. The highest BCUT2D eigenvalue weighted by Gasteiger charge is 2.45. The van der Waals surface area contributed by atoms with Crippen LogP contribution in [0.4, 0.5) is 0 Å². The fourth-order valence-electron chi connectivity index (χ4n) is 2.19. The Morgan fingerprint density at radius 3 is 2.46 bits per heavy atom. The summed E-state index contributed by atoms with van der Waals surface area (Å²) in [6, 6.07) is 3.80. The highest BCUT2D eigenvalue weighted by molar-refractivity contribution is 6.35. The predicted octanol–water partition coefficient (Wildman–Crippen LogP) is 3.53. The largest absolute Gasteiger partial charge is 0.466 e. The zero-order chi connectivity index (χ0) is 18.3. The van der Waals surface area contributed by atoms with Crippen molar-refractivity contribution in [3.05, 3.63) is 28.2 Å². The van der Waals surface area contributed by atoms with Gasteiger partial charge in [0.2, 0.25) is 0 Å². The highest BCUT2D eigenvalue weighted by Crippen LogP contribution is 2.33. The van der Waals surface area contributed by atoms with E-state index in [0.717, 1.165) is 0 Å². The van der Waals surface area contributed by atoms with E-state index >= 15 is 0 Å². The molecule has 0 aliphatic heterocycles. The van der Waals surface area contributed by atoms with Gasteiger partial charge in [0.15, 0.2) is 5.75 Å². The van der Waals surface area contributed by atoms with E-state index in [1.165, 1.54) is 18.2 Å². The molecule has 1 rings (SSSR count). The van der Waals surface area contributed by atoms with Gasteiger partial charge in [-0.15, -0.1) is 0 Å². The zero-order valence-corrected chi connectivity index (χ0v) is 15.3. The number of carbonyl (C=O) groups is 2. The zero-order valence-electron chi connectivity index (χ0n) is 13.8. The first-order chi connectivity index (χ1) is 11.3. The van der Waals surface area contributed by atoms with Crippen LogP contribution in [0.15, 0.2) is 18.2 Å². The molecule has 2 atom stereocenters. The third kappa shape index (κ3) is 5.00. The minimum absolute atomic E-state index is 0.125.